The van der Waals surface area contributed by atoms with Crippen LogP contribution < -0.4 is 10.6 Å². The number of hydrogen-bond acceptors (Lipinski definition) is 3. The summed E-state index contributed by atoms with van der Waals surface area (Å²) in [5, 5.41) is 6.49. The van der Waals surface area contributed by atoms with Crippen LogP contribution in [0.4, 0.5) is 4.79 Å². The normalized spacial score (nSPS) is 12.0. The van der Waals surface area contributed by atoms with E-state index < -0.39 is 5.60 Å². The summed E-state index contributed by atoms with van der Waals surface area (Å²) in [6.07, 6.45) is 1.35. The monoisotopic (exact) mass is 306 g/mol. The zero-order chi connectivity index (χ0) is 16.6. The molecule has 22 heavy (non-hydrogen) atoms. The molecule has 0 spiro atoms. The molecule has 0 unspecified atom stereocenters. The number of alkyl carbamates (subject to hydrolysis) is 1. The van der Waals surface area contributed by atoms with Crippen LogP contribution in [0.3, 0.4) is 0 Å². The lowest BCUT2D eigenvalue weighted by Gasteiger charge is -2.34. The maximum absolute atomic E-state index is 12.1. The molecule has 1 rings (SSSR count). The summed E-state index contributed by atoms with van der Waals surface area (Å²) in [7, 11) is 0. The van der Waals surface area contributed by atoms with Crippen LogP contribution in [0.15, 0.2) is 30.3 Å². The van der Waals surface area contributed by atoms with Crippen LogP contribution in [0.2, 0.25) is 0 Å². The van der Waals surface area contributed by atoms with Crippen LogP contribution in [0.25, 0.3) is 0 Å². The Balaban J connectivity index is 2.57. The number of benzene rings is 1. The lowest BCUT2D eigenvalue weighted by molar-refractivity contribution is 0.0446. The Morgan fingerprint density at radius 2 is 1.68 bits per heavy atom. The molecule has 2 N–H and O–H groups in total. The number of carbonyl (C=O) groups is 1. The van der Waals surface area contributed by atoms with Gasteiger partial charge in [0.1, 0.15) is 5.60 Å². The first-order valence-electron chi connectivity index (χ1n) is 8.06. The van der Waals surface area contributed by atoms with Gasteiger partial charge in [-0.1, -0.05) is 44.2 Å². The van der Waals surface area contributed by atoms with Crippen molar-refractivity contribution in [1.82, 2.24) is 10.6 Å². The Labute approximate surface area is 134 Å². The molecule has 0 aliphatic carbocycles. The van der Waals surface area contributed by atoms with Crippen molar-refractivity contribution >= 4 is 6.09 Å². The van der Waals surface area contributed by atoms with Crippen LogP contribution in [0.1, 0.15) is 53.0 Å². The van der Waals surface area contributed by atoms with Crippen LogP contribution in [0, 0.1) is 0 Å². The van der Waals surface area contributed by atoms with Gasteiger partial charge in [0.2, 0.25) is 0 Å². The fourth-order valence-electron chi connectivity index (χ4n) is 2.28. The third-order valence-electron chi connectivity index (χ3n) is 3.76. The number of nitrogens with one attached hydrogen (secondary N) is 2. The van der Waals surface area contributed by atoms with Crippen molar-refractivity contribution in [3.63, 3.8) is 0 Å². The summed E-state index contributed by atoms with van der Waals surface area (Å²) in [4.78, 5) is 12.1. The van der Waals surface area contributed by atoms with E-state index in [0.29, 0.717) is 6.54 Å². The standard InChI is InChI=1S/C18H30N2O2/c1-6-18(7-2,20-16(21)22-17(3,4)5)14-19-13-15-11-9-8-10-12-15/h8-12,19H,6-7,13-14H2,1-5H3,(H,20,21). The Morgan fingerprint density at radius 1 is 1.09 bits per heavy atom. The van der Waals surface area contributed by atoms with E-state index >= 15 is 0 Å². The van der Waals surface area contributed by atoms with Gasteiger partial charge in [0.05, 0.1) is 5.54 Å². The molecule has 0 radical (unpaired) electrons. The van der Waals surface area contributed by atoms with Gasteiger partial charge in [-0.25, -0.2) is 4.79 Å². The minimum Gasteiger partial charge on any atom is -0.444 e. The quantitative estimate of drug-likeness (QED) is 0.804. The van der Waals surface area contributed by atoms with Crippen molar-refractivity contribution in [2.24, 2.45) is 0 Å². The molecule has 0 fully saturated rings. The highest BCUT2D eigenvalue weighted by Crippen LogP contribution is 2.16. The van der Waals surface area contributed by atoms with Crippen molar-refractivity contribution in [3.05, 3.63) is 35.9 Å². The molecule has 0 atom stereocenters. The van der Waals surface area contributed by atoms with Gasteiger partial charge in [-0.05, 0) is 39.2 Å². The molecule has 0 heterocycles. The summed E-state index contributed by atoms with van der Waals surface area (Å²) < 4.78 is 5.38. The zero-order valence-electron chi connectivity index (χ0n) is 14.5. The smallest absolute Gasteiger partial charge is 0.408 e. The molecule has 0 bridgehead atoms. The van der Waals surface area contributed by atoms with Gasteiger partial charge in [-0.15, -0.1) is 0 Å². The van der Waals surface area contributed by atoms with E-state index in [0.717, 1.165) is 19.4 Å². The molecule has 1 aromatic rings. The second-order valence-electron chi connectivity index (χ2n) is 6.70. The van der Waals surface area contributed by atoms with Crippen LogP contribution in [-0.4, -0.2) is 23.8 Å². The predicted octanol–water partition coefficient (Wildman–Crippen LogP) is 3.86. The van der Waals surface area contributed by atoms with E-state index in [-0.39, 0.29) is 11.6 Å². The number of carbonyl (C=O) groups excluding carboxylic acids is 1. The highest BCUT2D eigenvalue weighted by molar-refractivity contribution is 5.68. The van der Waals surface area contributed by atoms with Crippen molar-refractivity contribution in [2.45, 2.75) is 65.1 Å². The Hall–Kier alpha value is -1.55. The molecular formula is C18H30N2O2. The minimum atomic E-state index is -0.477. The van der Waals surface area contributed by atoms with E-state index in [1.54, 1.807) is 0 Å². The molecule has 4 nitrogen and oxygen atoms in total. The van der Waals surface area contributed by atoms with Gasteiger partial charge < -0.3 is 15.4 Å². The van der Waals surface area contributed by atoms with Crippen LogP contribution in [-0.2, 0) is 11.3 Å². The molecule has 0 aliphatic heterocycles. The molecule has 124 valence electrons. The molecule has 0 saturated carbocycles. The molecule has 4 heteroatoms. The summed E-state index contributed by atoms with van der Waals surface area (Å²) >= 11 is 0. The van der Waals surface area contributed by atoms with Crippen LogP contribution >= 0.6 is 0 Å². The van der Waals surface area contributed by atoms with Crippen molar-refractivity contribution in [1.29, 1.82) is 0 Å². The second kappa shape index (κ2) is 8.18. The SMILES string of the molecule is CCC(CC)(CNCc1ccccc1)NC(=O)OC(C)(C)C. The zero-order valence-corrected chi connectivity index (χ0v) is 14.5. The van der Waals surface area contributed by atoms with Gasteiger partial charge in [0, 0.05) is 13.1 Å². The van der Waals surface area contributed by atoms with E-state index in [9.17, 15) is 4.79 Å². The van der Waals surface area contributed by atoms with E-state index in [1.165, 1.54) is 5.56 Å². The Kier molecular flexibility index (Phi) is 6.88. The average molecular weight is 306 g/mol. The van der Waals surface area contributed by atoms with Crippen molar-refractivity contribution in [3.8, 4) is 0 Å². The van der Waals surface area contributed by atoms with Gasteiger partial charge >= 0.3 is 6.09 Å². The molecule has 0 aliphatic rings. The molecular weight excluding hydrogens is 276 g/mol. The topological polar surface area (TPSA) is 50.4 Å². The second-order valence-corrected chi connectivity index (χ2v) is 6.70. The van der Waals surface area contributed by atoms with E-state index in [4.69, 9.17) is 4.74 Å². The third-order valence-corrected chi connectivity index (χ3v) is 3.76. The predicted molar refractivity (Wildman–Crippen MR) is 90.8 cm³/mol. The fourth-order valence-corrected chi connectivity index (χ4v) is 2.28. The largest absolute Gasteiger partial charge is 0.444 e. The fraction of sp³-hybridized carbons (Fsp3) is 0.611. The van der Waals surface area contributed by atoms with Gasteiger partial charge in [0.15, 0.2) is 0 Å². The number of ether oxygens (including phenoxy) is 1. The van der Waals surface area contributed by atoms with Crippen LogP contribution in [0.5, 0.6) is 0 Å². The van der Waals surface area contributed by atoms with Gasteiger partial charge in [0.25, 0.3) is 0 Å². The van der Waals surface area contributed by atoms with E-state index in [2.05, 4.69) is 36.6 Å². The Bertz CT molecular complexity index is 448. The lowest BCUT2D eigenvalue weighted by Crippen LogP contribution is -2.55. The number of hydrogen-bond donors (Lipinski definition) is 2. The maximum atomic E-state index is 12.1. The van der Waals surface area contributed by atoms with Crippen molar-refractivity contribution < 1.29 is 9.53 Å². The summed E-state index contributed by atoms with van der Waals surface area (Å²) in [5.41, 5.74) is 0.479. The first-order chi connectivity index (χ1) is 10.3. The number of rotatable bonds is 7. The molecule has 0 saturated heterocycles. The van der Waals surface area contributed by atoms with Crippen molar-refractivity contribution in [2.75, 3.05) is 6.54 Å². The van der Waals surface area contributed by atoms with Gasteiger partial charge in [-0.3, -0.25) is 0 Å². The molecule has 1 amide bonds. The van der Waals surface area contributed by atoms with Gasteiger partial charge in [-0.2, -0.15) is 0 Å². The average Bonchev–Trinajstić information content (AvgIpc) is 2.45. The van der Waals surface area contributed by atoms with E-state index in [1.807, 2.05) is 39.0 Å². The third kappa shape index (κ3) is 6.48. The summed E-state index contributed by atoms with van der Waals surface area (Å²) in [6.45, 7) is 11.3. The first kappa shape index (κ1) is 18.5. The number of amides is 1. The summed E-state index contributed by atoms with van der Waals surface area (Å²) in [6, 6.07) is 10.3. The highest BCUT2D eigenvalue weighted by atomic mass is 16.6. The molecule has 0 aromatic heterocycles. The Morgan fingerprint density at radius 3 is 2.18 bits per heavy atom. The minimum absolute atomic E-state index is 0.281. The summed E-state index contributed by atoms with van der Waals surface area (Å²) in [5.74, 6) is 0. The molecule has 1 aromatic carbocycles. The highest BCUT2D eigenvalue weighted by Gasteiger charge is 2.30. The first-order valence-corrected chi connectivity index (χ1v) is 8.06. The lowest BCUT2D eigenvalue weighted by atomic mass is 9.92. The maximum Gasteiger partial charge on any atom is 0.408 e.